The lowest BCUT2D eigenvalue weighted by atomic mass is 10.2. The van der Waals surface area contributed by atoms with E-state index in [4.69, 9.17) is 4.74 Å². The number of nitrogens with one attached hydrogen (secondary N) is 1. The third kappa shape index (κ3) is 5.04. The maximum atomic E-state index is 12.3. The van der Waals surface area contributed by atoms with Crippen molar-refractivity contribution in [2.45, 2.75) is 18.4 Å². The fraction of sp³-hybridized carbons (Fsp3) is 0.278. The van der Waals surface area contributed by atoms with Crippen LogP contribution in [0.3, 0.4) is 0 Å². The second-order valence-electron chi connectivity index (χ2n) is 5.77. The van der Waals surface area contributed by atoms with Crippen molar-refractivity contribution in [3.63, 3.8) is 0 Å². The van der Waals surface area contributed by atoms with Gasteiger partial charge in [0, 0.05) is 20.6 Å². The van der Waals surface area contributed by atoms with Crippen LogP contribution in [-0.4, -0.2) is 39.3 Å². The fourth-order valence-electron chi connectivity index (χ4n) is 2.13. The van der Waals surface area contributed by atoms with Gasteiger partial charge in [-0.15, -0.1) is 0 Å². The second-order valence-corrected chi connectivity index (χ2v) is 7.89. The molecule has 0 unspecified atom stereocenters. The Morgan fingerprint density at radius 2 is 1.72 bits per heavy atom. The van der Waals surface area contributed by atoms with Crippen LogP contribution in [0.5, 0.6) is 5.75 Å². The Morgan fingerprint density at radius 3 is 2.36 bits per heavy atom. The molecule has 0 radical (unpaired) electrons. The Morgan fingerprint density at radius 1 is 1.08 bits per heavy atom. The van der Waals surface area contributed by atoms with Crippen LogP contribution in [0.25, 0.3) is 0 Å². The Kier molecular flexibility index (Phi) is 6.17. The first-order chi connectivity index (χ1) is 11.8. The average molecular weight is 362 g/mol. The smallest absolute Gasteiger partial charge is 0.258 e. The first kappa shape index (κ1) is 19.0. The van der Waals surface area contributed by atoms with Gasteiger partial charge >= 0.3 is 0 Å². The van der Waals surface area contributed by atoms with Crippen LogP contribution in [0.4, 0.5) is 0 Å². The molecule has 0 saturated carbocycles. The van der Waals surface area contributed by atoms with E-state index in [0.29, 0.717) is 11.3 Å². The molecule has 0 aromatic heterocycles. The lowest BCUT2D eigenvalue weighted by molar-refractivity contribution is -0.123. The number of amides is 1. The van der Waals surface area contributed by atoms with E-state index in [-0.39, 0.29) is 24.0 Å². The van der Waals surface area contributed by atoms with Crippen molar-refractivity contribution in [2.75, 3.05) is 20.7 Å². The van der Waals surface area contributed by atoms with E-state index in [1.165, 1.54) is 20.2 Å². The molecule has 25 heavy (non-hydrogen) atoms. The molecule has 1 amide bonds. The number of rotatable bonds is 7. The number of sulfonamides is 1. The number of carbonyl (C=O) groups is 1. The van der Waals surface area contributed by atoms with Gasteiger partial charge in [-0.3, -0.25) is 4.79 Å². The van der Waals surface area contributed by atoms with Crippen LogP contribution in [0, 0.1) is 6.92 Å². The number of hydrogen-bond donors (Lipinski definition) is 1. The SMILES string of the molecule is Cc1ccc(OCC(=O)NCc2ccccc2S(=O)(=O)N(C)C)cc1. The lowest BCUT2D eigenvalue weighted by Crippen LogP contribution is -2.30. The topological polar surface area (TPSA) is 75.7 Å². The van der Waals surface area contributed by atoms with Crippen molar-refractivity contribution in [3.05, 3.63) is 59.7 Å². The number of ether oxygens (including phenoxy) is 1. The van der Waals surface area contributed by atoms with E-state index in [9.17, 15) is 13.2 Å². The minimum atomic E-state index is -3.56. The third-order valence-electron chi connectivity index (χ3n) is 3.60. The molecule has 0 atom stereocenters. The fourth-order valence-corrected chi connectivity index (χ4v) is 3.24. The molecule has 2 aromatic carbocycles. The Hall–Kier alpha value is -2.38. The van der Waals surface area contributed by atoms with Crippen LogP contribution in [0.2, 0.25) is 0 Å². The Labute approximate surface area is 148 Å². The Balaban J connectivity index is 1.97. The zero-order valence-corrected chi connectivity index (χ0v) is 15.3. The molecule has 0 saturated heterocycles. The third-order valence-corrected chi connectivity index (χ3v) is 5.51. The van der Waals surface area contributed by atoms with Crippen molar-refractivity contribution in [3.8, 4) is 5.75 Å². The van der Waals surface area contributed by atoms with Gasteiger partial charge in [0.25, 0.3) is 5.91 Å². The van der Waals surface area contributed by atoms with Gasteiger partial charge in [0.15, 0.2) is 6.61 Å². The normalized spacial score (nSPS) is 11.4. The Bertz CT molecular complexity index is 830. The van der Waals surface area contributed by atoms with E-state index in [1.54, 1.807) is 30.3 Å². The summed E-state index contributed by atoms with van der Waals surface area (Å²) in [6.07, 6.45) is 0. The lowest BCUT2D eigenvalue weighted by Gasteiger charge is -2.15. The predicted molar refractivity (Wildman–Crippen MR) is 95.8 cm³/mol. The van der Waals surface area contributed by atoms with Crippen LogP contribution in [-0.2, 0) is 21.4 Å². The highest BCUT2D eigenvalue weighted by Gasteiger charge is 2.20. The molecule has 0 spiro atoms. The van der Waals surface area contributed by atoms with E-state index in [1.807, 2.05) is 19.1 Å². The number of nitrogens with zero attached hydrogens (tertiary/aromatic N) is 1. The molecule has 1 N–H and O–H groups in total. The molecular formula is C18H22N2O4S. The molecule has 134 valence electrons. The van der Waals surface area contributed by atoms with E-state index in [2.05, 4.69) is 5.32 Å². The minimum absolute atomic E-state index is 0.110. The van der Waals surface area contributed by atoms with Crippen molar-refractivity contribution in [1.29, 1.82) is 0 Å². The summed E-state index contributed by atoms with van der Waals surface area (Å²) >= 11 is 0. The summed E-state index contributed by atoms with van der Waals surface area (Å²) in [5, 5.41) is 2.69. The summed E-state index contributed by atoms with van der Waals surface area (Å²) in [7, 11) is -0.619. The number of hydrogen-bond acceptors (Lipinski definition) is 4. The number of carbonyl (C=O) groups excluding carboxylic acids is 1. The number of aryl methyl sites for hydroxylation is 1. The monoisotopic (exact) mass is 362 g/mol. The first-order valence-corrected chi connectivity index (χ1v) is 9.21. The molecule has 0 aliphatic rings. The van der Waals surface area contributed by atoms with Crippen molar-refractivity contribution >= 4 is 15.9 Å². The summed E-state index contributed by atoms with van der Waals surface area (Å²) in [5.74, 6) is 0.286. The molecule has 0 heterocycles. The highest BCUT2D eigenvalue weighted by atomic mass is 32.2. The molecule has 0 bridgehead atoms. The zero-order valence-electron chi connectivity index (χ0n) is 14.5. The number of benzene rings is 2. The van der Waals surface area contributed by atoms with Gasteiger partial charge in [-0.05, 0) is 30.7 Å². The molecular weight excluding hydrogens is 340 g/mol. The standard InChI is InChI=1S/C18H22N2O4S/c1-14-8-10-16(11-9-14)24-13-18(21)19-12-15-6-4-5-7-17(15)25(22,23)20(2)3/h4-11H,12-13H2,1-3H3,(H,19,21). The van der Waals surface area contributed by atoms with Gasteiger partial charge in [0.05, 0.1) is 4.90 Å². The highest BCUT2D eigenvalue weighted by molar-refractivity contribution is 7.89. The van der Waals surface area contributed by atoms with Crippen LogP contribution >= 0.6 is 0 Å². The molecule has 0 aliphatic heterocycles. The van der Waals surface area contributed by atoms with E-state index < -0.39 is 10.0 Å². The quantitative estimate of drug-likeness (QED) is 0.817. The largest absolute Gasteiger partial charge is 0.484 e. The highest BCUT2D eigenvalue weighted by Crippen LogP contribution is 2.18. The summed E-state index contributed by atoms with van der Waals surface area (Å²) in [5.41, 5.74) is 1.63. The van der Waals surface area contributed by atoms with Crippen molar-refractivity contribution in [1.82, 2.24) is 9.62 Å². The minimum Gasteiger partial charge on any atom is -0.484 e. The predicted octanol–water partition coefficient (Wildman–Crippen LogP) is 1.94. The average Bonchev–Trinajstić information content (AvgIpc) is 2.59. The van der Waals surface area contributed by atoms with Gasteiger partial charge in [-0.2, -0.15) is 0 Å². The second kappa shape index (κ2) is 8.13. The molecule has 2 aromatic rings. The van der Waals surface area contributed by atoms with Crippen LogP contribution < -0.4 is 10.1 Å². The van der Waals surface area contributed by atoms with Crippen LogP contribution in [0.1, 0.15) is 11.1 Å². The summed E-state index contributed by atoms with van der Waals surface area (Å²) in [4.78, 5) is 12.1. The maximum Gasteiger partial charge on any atom is 0.258 e. The van der Waals surface area contributed by atoms with Gasteiger partial charge in [-0.25, -0.2) is 12.7 Å². The van der Waals surface area contributed by atoms with Gasteiger partial charge in [0.1, 0.15) is 5.75 Å². The first-order valence-electron chi connectivity index (χ1n) is 7.77. The van der Waals surface area contributed by atoms with E-state index >= 15 is 0 Å². The summed E-state index contributed by atoms with van der Waals surface area (Å²) in [6.45, 7) is 1.95. The van der Waals surface area contributed by atoms with E-state index in [0.717, 1.165) is 9.87 Å². The van der Waals surface area contributed by atoms with Crippen molar-refractivity contribution in [2.24, 2.45) is 0 Å². The molecule has 2 rings (SSSR count). The van der Waals surface area contributed by atoms with Crippen molar-refractivity contribution < 1.29 is 17.9 Å². The summed E-state index contributed by atoms with van der Waals surface area (Å²) in [6, 6.07) is 14.0. The van der Waals surface area contributed by atoms with Gasteiger partial charge < -0.3 is 10.1 Å². The maximum absolute atomic E-state index is 12.3. The molecule has 7 heteroatoms. The van der Waals surface area contributed by atoms with Gasteiger partial charge in [0.2, 0.25) is 10.0 Å². The zero-order chi connectivity index (χ0) is 18.4. The summed E-state index contributed by atoms with van der Waals surface area (Å²) < 4.78 is 31.2. The van der Waals surface area contributed by atoms with Crippen LogP contribution in [0.15, 0.2) is 53.4 Å². The molecule has 0 aliphatic carbocycles. The van der Waals surface area contributed by atoms with Gasteiger partial charge in [-0.1, -0.05) is 35.9 Å². The molecule has 6 nitrogen and oxygen atoms in total. The molecule has 0 fully saturated rings.